The number of amides is 1. The van der Waals surface area contributed by atoms with Crippen molar-refractivity contribution in [3.05, 3.63) is 35.4 Å². The maximum atomic E-state index is 11.8. The molecule has 18 heavy (non-hydrogen) atoms. The molecule has 0 saturated heterocycles. The van der Waals surface area contributed by atoms with E-state index in [1.807, 2.05) is 45.0 Å². The van der Waals surface area contributed by atoms with Gasteiger partial charge in [-0.3, -0.25) is 4.79 Å². The zero-order chi connectivity index (χ0) is 13.5. The van der Waals surface area contributed by atoms with Crippen LogP contribution in [0, 0.1) is 18.3 Å². The molecule has 1 aromatic carbocycles. The standard InChI is InChI=1S/C15H20N2O/c1-4-12(3)17-15(18)9-14(10-16)13-7-5-11(2)6-8-13/h5-8,12,14H,4,9H2,1-3H3,(H,17,18). The van der Waals surface area contributed by atoms with E-state index in [4.69, 9.17) is 5.26 Å². The molecule has 0 aliphatic rings. The summed E-state index contributed by atoms with van der Waals surface area (Å²) < 4.78 is 0. The van der Waals surface area contributed by atoms with E-state index < -0.39 is 0 Å². The number of hydrogen-bond donors (Lipinski definition) is 1. The molecule has 0 aliphatic heterocycles. The van der Waals surface area contributed by atoms with Crippen molar-refractivity contribution in [3.8, 4) is 6.07 Å². The molecule has 2 atom stereocenters. The number of nitriles is 1. The summed E-state index contributed by atoms with van der Waals surface area (Å²) in [5.41, 5.74) is 2.06. The Morgan fingerprint density at radius 1 is 1.39 bits per heavy atom. The minimum absolute atomic E-state index is 0.0588. The molecule has 96 valence electrons. The Morgan fingerprint density at radius 2 is 2.00 bits per heavy atom. The van der Waals surface area contributed by atoms with Crippen LogP contribution in [0.4, 0.5) is 0 Å². The Kier molecular flexibility index (Phi) is 5.38. The first-order valence-corrected chi connectivity index (χ1v) is 6.32. The number of hydrogen-bond acceptors (Lipinski definition) is 2. The lowest BCUT2D eigenvalue weighted by Gasteiger charge is -2.14. The van der Waals surface area contributed by atoms with Crippen LogP contribution in [0.3, 0.4) is 0 Å². The van der Waals surface area contributed by atoms with Gasteiger partial charge in [0.05, 0.1) is 12.0 Å². The van der Waals surface area contributed by atoms with E-state index in [-0.39, 0.29) is 24.3 Å². The maximum absolute atomic E-state index is 11.8. The van der Waals surface area contributed by atoms with Gasteiger partial charge >= 0.3 is 0 Å². The summed E-state index contributed by atoms with van der Waals surface area (Å²) in [7, 11) is 0. The lowest BCUT2D eigenvalue weighted by molar-refractivity contribution is -0.121. The molecular formula is C15H20N2O. The quantitative estimate of drug-likeness (QED) is 0.865. The molecule has 3 nitrogen and oxygen atoms in total. The van der Waals surface area contributed by atoms with Gasteiger partial charge in [-0.15, -0.1) is 0 Å². The minimum atomic E-state index is -0.366. The lowest BCUT2D eigenvalue weighted by atomic mass is 9.96. The Labute approximate surface area is 109 Å². The fourth-order valence-electron chi connectivity index (χ4n) is 1.66. The first-order chi connectivity index (χ1) is 8.56. The minimum Gasteiger partial charge on any atom is -0.354 e. The highest BCUT2D eigenvalue weighted by atomic mass is 16.1. The van der Waals surface area contributed by atoms with Crippen LogP contribution in [-0.2, 0) is 4.79 Å². The van der Waals surface area contributed by atoms with E-state index >= 15 is 0 Å². The molecule has 0 fully saturated rings. The number of nitrogens with zero attached hydrogens (tertiary/aromatic N) is 1. The van der Waals surface area contributed by atoms with Crippen molar-refractivity contribution in [2.75, 3.05) is 0 Å². The van der Waals surface area contributed by atoms with Crippen molar-refractivity contribution in [2.45, 2.75) is 45.6 Å². The molecule has 0 aromatic heterocycles. The summed E-state index contributed by atoms with van der Waals surface area (Å²) in [4.78, 5) is 11.8. The van der Waals surface area contributed by atoms with E-state index in [1.54, 1.807) is 0 Å². The SMILES string of the molecule is CCC(C)NC(=O)CC(C#N)c1ccc(C)cc1. The molecule has 0 bridgehead atoms. The molecule has 0 aliphatic carbocycles. The van der Waals surface area contributed by atoms with E-state index in [0.717, 1.165) is 17.5 Å². The van der Waals surface area contributed by atoms with Gasteiger partial charge in [0.15, 0.2) is 0 Å². The van der Waals surface area contributed by atoms with Crippen molar-refractivity contribution in [1.82, 2.24) is 5.32 Å². The van der Waals surface area contributed by atoms with E-state index in [0.29, 0.717) is 0 Å². The Bertz CT molecular complexity index is 431. The van der Waals surface area contributed by atoms with Gasteiger partial charge in [-0.25, -0.2) is 0 Å². The van der Waals surface area contributed by atoms with Gasteiger partial charge in [-0.2, -0.15) is 5.26 Å². The van der Waals surface area contributed by atoms with Crippen molar-refractivity contribution < 1.29 is 4.79 Å². The second-order valence-corrected chi connectivity index (χ2v) is 4.67. The Balaban J connectivity index is 2.65. The zero-order valence-electron chi connectivity index (χ0n) is 11.2. The molecule has 0 spiro atoms. The third-order valence-electron chi connectivity index (χ3n) is 3.04. The summed E-state index contributed by atoms with van der Waals surface area (Å²) in [6.45, 7) is 5.98. The van der Waals surface area contributed by atoms with Crippen LogP contribution in [0.15, 0.2) is 24.3 Å². The smallest absolute Gasteiger partial charge is 0.221 e. The van der Waals surface area contributed by atoms with E-state index in [9.17, 15) is 4.79 Å². The lowest BCUT2D eigenvalue weighted by Crippen LogP contribution is -2.32. The average Bonchev–Trinajstić information content (AvgIpc) is 2.37. The number of nitrogens with one attached hydrogen (secondary N) is 1. The third-order valence-corrected chi connectivity index (χ3v) is 3.04. The molecular weight excluding hydrogens is 224 g/mol. The Morgan fingerprint density at radius 3 is 2.50 bits per heavy atom. The van der Waals surface area contributed by atoms with Gasteiger partial charge in [-0.1, -0.05) is 36.8 Å². The Hall–Kier alpha value is -1.82. The van der Waals surface area contributed by atoms with Gasteiger partial charge in [0, 0.05) is 12.5 Å². The molecule has 1 N–H and O–H groups in total. The summed E-state index contributed by atoms with van der Waals surface area (Å²) in [5.74, 6) is -0.425. The maximum Gasteiger partial charge on any atom is 0.221 e. The average molecular weight is 244 g/mol. The van der Waals surface area contributed by atoms with Gasteiger partial charge in [-0.05, 0) is 25.8 Å². The highest BCUT2D eigenvalue weighted by Gasteiger charge is 2.16. The molecule has 1 amide bonds. The van der Waals surface area contributed by atoms with Crippen molar-refractivity contribution in [2.24, 2.45) is 0 Å². The first kappa shape index (κ1) is 14.2. The summed E-state index contributed by atoms with van der Waals surface area (Å²) in [6.07, 6.45) is 1.12. The fraction of sp³-hybridized carbons (Fsp3) is 0.467. The molecule has 1 aromatic rings. The highest BCUT2D eigenvalue weighted by molar-refractivity contribution is 5.77. The highest BCUT2D eigenvalue weighted by Crippen LogP contribution is 2.19. The van der Waals surface area contributed by atoms with Crippen LogP contribution >= 0.6 is 0 Å². The summed E-state index contributed by atoms with van der Waals surface area (Å²) in [6, 6.07) is 10.1. The van der Waals surface area contributed by atoms with Gasteiger partial charge < -0.3 is 5.32 Å². The first-order valence-electron chi connectivity index (χ1n) is 6.32. The normalized spacial score (nSPS) is 13.4. The molecule has 2 unspecified atom stereocenters. The number of carbonyl (C=O) groups is 1. The van der Waals surface area contributed by atoms with E-state index in [2.05, 4.69) is 11.4 Å². The van der Waals surface area contributed by atoms with Crippen LogP contribution in [-0.4, -0.2) is 11.9 Å². The summed E-state index contributed by atoms with van der Waals surface area (Å²) >= 11 is 0. The summed E-state index contributed by atoms with van der Waals surface area (Å²) in [5, 5.41) is 12.0. The largest absolute Gasteiger partial charge is 0.354 e. The second kappa shape index (κ2) is 6.80. The molecule has 0 saturated carbocycles. The number of aryl methyl sites for hydroxylation is 1. The number of rotatable bonds is 5. The van der Waals surface area contributed by atoms with Crippen LogP contribution in [0.5, 0.6) is 0 Å². The van der Waals surface area contributed by atoms with Crippen LogP contribution in [0.25, 0.3) is 0 Å². The molecule has 1 rings (SSSR count). The topological polar surface area (TPSA) is 52.9 Å². The number of carbonyl (C=O) groups excluding carboxylic acids is 1. The monoisotopic (exact) mass is 244 g/mol. The van der Waals surface area contributed by atoms with Gasteiger partial charge in [0.1, 0.15) is 0 Å². The molecule has 3 heteroatoms. The number of benzene rings is 1. The van der Waals surface area contributed by atoms with Crippen LogP contribution in [0.1, 0.15) is 43.7 Å². The van der Waals surface area contributed by atoms with Crippen molar-refractivity contribution in [1.29, 1.82) is 5.26 Å². The second-order valence-electron chi connectivity index (χ2n) is 4.67. The van der Waals surface area contributed by atoms with Crippen LogP contribution < -0.4 is 5.32 Å². The van der Waals surface area contributed by atoms with Crippen LogP contribution in [0.2, 0.25) is 0 Å². The van der Waals surface area contributed by atoms with Gasteiger partial charge in [0.2, 0.25) is 5.91 Å². The van der Waals surface area contributed by atoms with Crippen molar-refractivity contribution >= 4 is 5.91 Å². The van der Waals surface area contributed by atoms with E-state index in [1.165, 1.54) is 0 Å². The predicted molar refractivity (Wildman–Crippen MR) is 72.0 cm³/mol. The third kappa shape index (κ3) is 4.21. The van der Waals surface area contributed by atoms with Crippen molar-refractivity contribution in [3.63, 3.8) is 0 Å². The zero-order valence-corrected chi connectivity index (χ0v) is 11.2. The van der Waals surface area contributed by atoms with Gasteiger partial charge in [0.25, 0.3) is 0 Å². The predicted octanol–water partition coefficient (Wildman–Crippen LogP) is 2.91. The molecule has 0 radical (unpaired) electrons. The fourth-order valence-corrected chi connectivity index (χ4v) is 1.66. The molecule has 0 heterocycles.